The van der Waals surface area contributed by atoms with Gasteiger partial charge in [-0.2, -0.15) is 0 Å². The van der Waals surface area contributed by atoms with Gasteiger partial charge in [0.15, 0.2) is 0 Å². The Balaban J connectivity index is 1.85. The van der Waals surface area contributed by atoms with E-state index in [4.69, 9.17) is 4.74 Å². The Labute approximate surface area is 137 Å². The van der Waals surface area contributed by atoms with Gasteiger partial charge >= 0.3 is 0 Å². The Bertz CT molecular complexity index is 629. The molecule has 0 radical (unpaired) electrons. The van der Waals surface area contributed by atoms with Crippen LogP contribution >= 0.6 is 0 Å². The summed E-state index contributed by atoms with van der Waals surface area (Å²) in [5.41, 5.74) is 3.02. The number of nitrogens with one attached hydrogen (secondary N) is 1. The molecule has 0 saturated carbocycles. The van der Waals surface area contributed by atoms with Crippen LogP contribution < -0.4 is 15.0 Å². The van der Waals surface area contributed by atoms with Crippen molar-refractivity contribution >= 4 is 5.69 Å². The van der Waals surface area contributed by atoms with Gasteiger partial charge in [-0.25, -0.2) is 4.98 Å². The molecule has 1 N–H and O–H groups in total. The van der Waals surface area contributed by atoms with Crippen molar-refractivity contribution in [1.82, 2.24) is 15.3 Å². The van der Waals surface area contributed by atoms with E-state index in [-0.39, 0.29) is 0 Å². The molecule has 1 aliphatic heterocycles. The van der Waals surface area contributed by atoms with Crippen LogP contribution in [0.25, 0.3) is 11.3 Å². The summed E-state index contributed by atoms with van der Waals surface area (Å²) in [5, 5.41) is 3.46. The predicted molar refractivity (Wildman–Crippen MR) is 92.9 cm³/mol. The summed E-state index contributed by atoms with van der Waals surface area (Å²) >= 11 is 0. The summed E-state index contributed by atoms with van der Waals surface area (Å²) in [6, 6.07) is 8.66. The van der Waals surface area contributed by atoms with Gasteiger partial charge in [-0.1, -0.05) is 6.92 Å². The molecule has 1 saturated heterocycles. The molecule has 0 aliphatic carbocycles. The van der Waals surface area contributed by atoms with E-state index in [2.05, 4.69) is 39.2 Å². The quantitative estimate of drug-likeness (QED) is 0.920. The van der Waals surface area contributed by atoms with E-state index in [1.165, 1.54) is 5.69 Å². The average molecular weight is 312 g/mol. The molecule has 3 heterocycles. The zero-order valence-electron chi connectivity index (χ0n) is 13.8. The second-order valence-corrected chi connectivity index (χ2v) is 5.65. The largest absolute Gasteiger partial charge is 0.477 e. The van der Waals surface area contributed by atoms with Gasteiger partial charge < -0.3 is 15.0 Å². The smallest absolute Gasteiger partial charge is 0.222 e. The van der Waals surface area contributed by atoms with Crippen LogP contribution in [-0.4, -0.2) is 42.3 Å². The first-order valence-corrected chi connectivity index (χ1v) is 8.35. The summed E-state index contributed by atoms with van der Waals surface area (Å²) in [6.45, 7) is 7.88. The fourth-order valence-electron chi connectivity index (χ4n) is 3.02. The van der Waals surface area contributed by atoms with Crippen molar-refractivity contribution in [2.24, 2.45) is 0 Å². The number of pyridine rings is 2. The third kappa shape index (κ3) is 3.45. The maximum atomic E-state index is 5.60. The maximum absolute atomic E-state index is 5.60. The highest BCUT2D eigenvalue weighted by molar-refractivity contribution is 5.66. The second-order valence-electron chi connectivity index (χ2n) is 5.65. The van der Waals surface area contributed by atoms with Gasteiger partial charge in [-0.05, 0) is 37.6 Å². The van der Waals surface area contributed by atoms with Crippen molar-refractivity contribution in [1.29, 1.82) is 0 Å². The molecular formula is C18H24N4O. The lowest BCUT2D eigenvalue weighted by Gasteiger charge is -2.37. The van der Waals surface area contributed by atoms with Gasteiger partial charge in [0.1, 0.15) is 0 Å². The molecule has 0 unspecified atom stereocenters. The SMILES string of the molecule is CCOc1ncccc1-c1ccc(N2CCNC[C@H]2CC)cn1. The van der Waals surface area contributed by atoms with Crippen LogP contribution in [0.5, 0.6) is 5.88 Å². The number of piperazine rings is 1. The van der Waals surface area contributed by atoms with Crippen LogP contribution in [0.15, 0.2) is 36.7 Å². The number of aromatic nitrogens is 2. The van der Waals surface area contributed by atoms with Gasteiger partial charge in [0.05, 0.1) is 29.7 Å². The lowest BCUT2D eigenvalue weighted by molar-refractivity contribution is 0.328. The number of ether oxygens (including phenoxy) is 1. The molecule has 1 fully saturated rings. The summed E-state index contributed by atoms with van der Waals surface area (Å²) in [7, 11) is 0. The Hall–Kier alpha value is -2.14. The summed E-state index contributed by atoms with van der Waals surface area (Å²) < 4.78 is 5.60. The third-order valence-corrected chi connectivity index (χ3v) is 4.23. The standard InChI is InChI=1S/C18H24N4O/c1-3-14-12-19-10-11-22(14)15-7-8-17(21-13-15)16-6-5-9-20-18(16)23-4-2/h5-9,13-14,19H,3-4,10-12H2,1-2H3/t14-/m1/s1. The first kappa shape index (κ1) is 15.7. The lowest BCUT2D eigenvalue weighted by Crippen LogP contribution is -2.51. The van der Waals surface area contributed by atoms with E-state index in [1.54, 1.807) is 6.20 Å². The van der Waals surface area contributed by atoms with Crippen molar-refractivity contribution in [3.8, 4) is 17.1 Å². The van der Waals surface area contributed by atoms with E-state index in [1.807, 2.05) is 25.3 Å². The minimum atomic E-state index is 0.536. The van der Waals surface area contributed by atoms with Crippen LogP contribution in [0.4, 0.5) is 5.69 Å². The van der Waals surface area contributed by atoms with Crippen LogP contribution in [-0.2, 0) is 0 Å². The fraction of sp³-hybridized carbons (Fsp3) is 0.444. The molecule has 0 bridgehead atoms. The normalized spacial score (nSPS) is 18.0. The molecule has 122 valence electrons. The molecule has 3 rings (SSSR count). The molecule has 0 amide bonds. The molecule has 5 heteroatoms. The van der Waals surface area contributed by atoms with E-state index in [0.717, 1.165) is 37.3 Å². The minimum absolute atomic E-state index is 0.536. The number of rotatable bonds is 5. The van der Waals surface area contributed by atoms with Crippen LogP contribution in [0.2, 0.25) is 0 Å². The van der Waals surface area contributed by atoms with Gasteiger partial charge in [-0.3, -0.25) is 4.98 Å². The topological polar surface area (TPSA) is 50.3 Å². The van der Waals surface area contributed by atoms with Gasteiger partial charge in [0.25, 0.3) is 0 Å². The Kier molecular flexibility index (Phi) is 5.08. The van der Waals surface area contributed by atoms with E-state index in [9.17, 15) is 0 Å². The number of hydrogen-bond donors (Lipinski definition) is 1. The highest BCUT2D eigenvalue weighted by Gasteiger charge is 2.21. The summed E-state index contributed by atoms with van der Waals surface area (Å²) in [4.78, 5) is 11.4. The van der Waals surface area contributed by atoms with Crippen molar-refractivity contribution < 1.29 is 4.74 Å². The predicted octanol–water partition coefficient (Wildman–Crippen LogP) is 2.73. The van der Waals surface area contributed by atoms with Crippen LogP contribution in [0.3, 0.4) is 0 Å². The Morgan fingerprint density at radius 1 is 1.26 bits per heavy atom. The number of anilines is 1. The molecular weight excluding hydrogens is 288 g/mol. The third-order valence-electron chi connectivity index (χ3n) is 4.23. The lowest BCUT2D eigenvalue weighted by atomic mass is 10.1. The molecule has 23 heavy (non-hydrogen) atoms. The van der Waals surface area contributed by atoms with Crippen molar-refractivity contribution in [3.63, 3.8) is 0 Å². The average Bonchev–Trinajstić information content (AvgIpc) is 2.63. The highest BCUT2D eigenvalue weighted by Crippen LogP contribution is 2.28. The maximum Gasteiger partial charge on any atom is 0.222 e. The first-order chi connectivity index (χ1) is 11.3. The first-order valence-electron chi connectivity index (χ1n) is 8.35. The zero-order chi connectivity index (χ0) is 16.1. The molecule has 1 atom stereocenters. The summed E-state index contributed by atoms with van der Waals surface area (Å²) in [6.07, 6.45) is 4.84. The van der Waals surface area contributed by atoms with Crippen LogP contribution in [0, 0.1) is 0 Å². The van der Waals surface area contributed by atoms with Crippen molar-refractivity contribution in [2.75, 3.05) is 31.1 Å². The number of nitrogens with zero attached hydrogens (tertiary/aromatic N) is 3. The fourth-order valence-corrected chi connectivity index (χ4v) is 3.02. The number of hydrogen-bond acceptors (Lipinski definition) is 5. The molecule has 2 aromatic heterocycles. The molecule has 1 aliphatic rings. The Morgan fingerprint density at radius 2 is 2.17 bits per heavy atom. The molecule has 0 aromatic carbocycles. The minimum Gasteiger partial charge on any atom is -0.477 e. The molecule has 5 nitrogen and oxygen atoms in total. The highest BCUT2D eigenvalue weighted by atomic mass is 16.5. The van der Waals surface area contributed by atoms with E-state index >= 15 is 0 Å². The zero-order valence-corrected chi connectivity index (χ0v) is 13.8. The van der Waals surface area contributed by atoms with Gasteiger partial charge in [-0.15, -0.1) is 0 Å². The monoisotopic (exact) mass is 312 g/mol. The Morgan fingerprint density at radius 3 is 2.91 bits per heavy atom. The van der Waals surface area contributed by atoms with Gasteiger partial charge in [0.2, 0.25) is 5.88 Å². The van der Waals surface area contributed by atoms with Gasteiger partial charge in [0, 0.05) is 31.9 Å². The molecule has 0 spiro atoms. The van der Waals surface area contributed by atoms with Crippen LogP contribution in [0.1, 0.15) is 20.3 Å². The van der Waals surface area contributed by atoms with E-state index < -0.39 is 0 Å². The van der Waals surface area contributed by atoms with E-state index in [0.29, 0.717) is 18.5 Å². The molecule has 2 aromatic rings. The van der Waals surface area contributed by atoms with Crippen molar-refractivity contribution in [2.45, 2.75) is 26.3 Å². The summed E-state index contributed by atoms with van der Waals surface area (Å²) in [5.74, 6) is 0.642. The van der Waals surface area contributed by atoms with Crippen molar-refractivity contribution in [3.05, 3.63) is 36.7 Å². The second kappa shape index (κ2) is 7.42.